The highest BCUT2D eigenvalue weighted by atomic mass is 16.7. The van der Waals surface area contributed by atoms with Crippen LogP contribution >= 0.6 is 0 Å². The first-order valence-corrected chi connectivity index (χ1v) is 6.75. The van der Waals surface area contributed by atoms with Crippen LogP contribution in [0.25, 0.3) is 5.69 Å². The highest BCUT2D eigenvalue weighted by Gasteiger charge is 2.19. The van der Waals surface area contributed by atoms with Crippen LogP contribution in [-0.4, -0.2) is 30.3 Å². The molecule has 1 aliphatic rings. The van der Waals surface area contributed by atoms with Gasteiger partial charge in [-0.15, -0.1) is 0 Å². The van der Waals surface area contributed by atoms with Crippen molar-refractivity contribution in [2.45, 2.75) is 19.3 Å². The molecule has 0 spiro atoms. The Bertz CT molecular complexity index is 591. The lowest BCUT2D eigenvalue weighted by Crippen LogP contribution is -2.25. The minimum Gasteiger partial charge on any atom is -0.350 e. The van der Waals surface area contributed by atoms with Gasteiger partial charge < -0.3 is 14.8 Å². The van der Waals surface area contributed by atoms with Gasteiger partial charge in [-0.05, 0) is 30.2 Å². The lowest BCUT2D eigenvalue weighted by molar-refractivity contribution is -0.109. The third-order valence-corrected chi connectivity index (χ3v) is 3.72. The van der Waals surface area contributed by atoms with E-state index in [1.807, 2.05) is 10.9 Å². The number of ether oxygens (including phenoxy) is 2. The van der Waals surface area contributed by atoms with Crippen molar-refractivity contribution >= 4 is 0 Å². The first-order valence-electron chi connectivity index (χ1n) is 6.75. The fourth-order valence-corrected chi connectivity index (χ4v) is 2.74. The Balaban J connectivity index is 2.08. The van der Waals surface area contributed by atoms with Gasteiger partial charge in [-0.2, -0.15) is 0 Å². The number of hydrogen-bond donors (Lipinski definition) is 1. The Hall–Kier alpha value is -1.69. The Morgan fingerprint density at radius 3 is 2.95 bits per heavy atom. The number of fused-ring (bicyclic) bond motifs is 1. The minimum atomic E-state index is -0.412. The second-order valence-electron chi connectivity index (χ2n) is 4.83. The van der Waals surface area contributed by atoms with Crippen molar-refractivity contribution in [3.8, 4) is 5.69 Å². The van der Waals surface area contributed by atoms with Crippen molar-refractivity contribution in [1.29, 1.82) is 0 Å². The molecule has 2 heterocycles. The van der Waals surface area contributed by atoms with Gasteiger partial charge in [0, 0.05) is 20.8 Å². The maximum absolute atomic E-state index is 5.35. The maximum atomic E-state index is 5.35. The molecule has 3 rings (SSSR count). The lowest BCUT2D eigenvalue weighted by Gasteiger charge is -2.23. The smallest absolute Gasteiger partial charge is 0.200 e. The molecule has 2 aromatic rings. The molecule has 1 aromatic carbocycles. The van der Waals surface area contributed by atoms with E-state index < -0.39 is 6.29 Å². The van der Waals surface area contributed by atoms with Gasteiger partial charge in [-0.3, -0.25) is 4.57 Å². The fraction of sp³-hybridized carbons (Fsp3) is 0.400. The van der Waals surface area contributed by atoms with E-state index in [9.17, 15) is 0 Å². The Kier molecular flexibility index (Phi) is 3.82. The number of nitrogens with one attached hydrogen (secondary N) is 1. The molecule has 0 unspecified atom stereocenters. The molecule has 106 valence electrons. The average Bonchev–Trinajstić information content (AvgIpc) is 2.97. The summed E-state index contributed by atoms with van der Waals surface area (Å²) in [5.74, 6) is 0. The fourth-order valence-electron chi connectivity index (χ4n) is 2.74. The molecule has 20 heavy (non-hydrogen) atoms. The summed E-state index contributed by atoms with van der Waals surface area (Å²) in [7, 11) is 3.26. The lowest BCUT2D eigenvalue weighted by atomic mass is 9.99. The highest BCUT2D eigenvalue weighted by Crippen LogP contribution is 2.26. The summed E-state index contributed by atoms with van der Waals surface area (Å²) in [6, 6.07) is 6.40. The van der Waals surface area contributed by atoms with Gasteiger partial charge in [0.15, 0.2) is 0 Å². The summed E-state index contributed by atoms with van der Waals surface area (Å²) in [6.07, 6.45) is 4.24. The molecule has 1 N–H and O–H groups in total. The second kappa shape index (κ2) is 5.75. The first-order chi connectivity index (χ1) is 9.85. The van der Waals surface area contributed by atoms with Gasteiger partial charge in [-0.25, -0.2) is 4.98 Å². The van der Waals surface area contributed by atoms with Crippen LogP contribution in [0.4, 0.5) is 0 Å². The van der Waals surface area contributed by atoms with Crippen LogP contribution in [0.3, 0.4) is 0 Å². The third-order valence-electron chi connectivity index (χ3n) is 3.72. The Labute approximate surface area is 118 Å². The number of nitrogens with zero attached hydrogens (tertiary/aromatic N) is 2. The van der Waals surface area contributed by atoms with Gasteiger partial charge in [0.1, 0.15) is 0 Å². The number of benzene rings is 1. The number of rotatable bonds is 4. The predicted molar refractivity (Wildman–Crippen MR) is 75.7 cm³/mol. The van der Waals surface area contributed by atoms with E-state index in [1.165, 1.54) is 11.1 Å². The van der Waals surface area contributed by atoms with Crippen LogP contribution in [0.2, 0.25) is 0 Å². The summed E-state index contributed by atoms with van der Waals surface area (Å²) in [6.45, 7) is 1.92. The van der Waals surface area contributed by atoms with Gasteiger partial charge in [0.2, 0.25) is 6.29 Å². The number of aromatic nitrogens is 2. The average molecular weight is 273 g/mol. The Morgan fingerprint density at radius 2 is 2.15 bits per heavy atom. The minimum absolute atomic E-state index is 0.412. The van der Waals surface area contributed by atoms with E-state index in [1.54, 1.807) is 20.4 Å². The molecule has 5 nitrogen and oxygen atoms in total. The van der Waals surface area contributed by atoms with Gasteiger partial charge in [0.25, 0.3) is 0 Å². The molecule has 5 heteroatoms. The van der Waals surface area contributed by atoms with Crippen LogP contribution in [0.1, 0.15) is 23.1 Å². The summed E-state index contributed by atoms with van der Waals surface area (Å²) in [4.78, 5) is 4.25. The molecule has 0 fully saturated rings. The van der Waals surface area contributed by atoms with Crippen molar-refractivity contribution < 1.29 is 9.47 Å². The molecule has 0 saturated heterocycles. The molecule has 0 saturated carbocycles. The van der Waals surface area contributed by atoms with E-state index in [4.69, 9.17) is 9.47 Å². The monoisotopic (exact) mass is 273 g/mol. The summed E-state index contributed by atoms with van der Waals surface area (Å²) in [5.41, 5.74) is 4.76. The zero-order chi connectivity index (χ0) is 13.9. The topological polar surface area (TPSA) is 48.3 Å². The molecule has 1 aliphatic heterocycles. The maximum Gasteiger partial charge on any atom is 0.200 e. The molecule has 0 radical (unpaired) electrons. The molecular weight excluding hydrogens is 254 g/mol. The summed E-state index contributed by atoms with van der Waals surface area (Å²) in [5, 5.41) is 3.42. The quantitative estimate of drug-likeness (QED) is 0.863. The number of hydrogen-bond acceptors (Lipinski definition) is 4. The standard InChI is InChI=1S/C15H19N3O2/c1-19-15(20-2)14-9-17-10-18(14)13-5-3-4-11-6-7-16-8-12(11)13/h3-5,9-10,15-16H,6-8H2,1-2H3. The largest absolute Gasteiger partial charge is 0.350 e. The van der Waals surface area contributed by atoms with E-state index in [2.05, 4.69) is 28.5 Å². The van der Waals surface area contributed by atoms with E-state index in [0.717, 1.165) is 30.9 Å². The van der Waals surface area contributed by atoms with Crippen molar-refractivity contribution in [2.24, 2.45) is 0 Å². The third kappa shape index (κ3) is 2.24. The van der Waals surface area contributed by atoms with Crippen molar-refractivity contribution in [1.82, 2.24) is 14.9 Å². The molecule has 0 bridgehead atoms. The normalized spacial score (nSPS) is 14.6. The highest BCUT2D eigenvalue weighted by molar-refractivity contribution is 5.48. The van der Waals surface area contributed by atoms with E-state index >= 15 is 0 Å². The van der Waals surface area contributed by atoms with Crippen LogP contribution in [0, 0.1) is 0 Å². The van der Waals surface area contributed by atoms with E-state index in [0.29, 0.717) is 0 Å². The summed E-state index contributed by atoms with van der Waals surface area (Å²) < 4.78 is 12.7. The van der Waals surface area contributed by atoms with Gasteiger partial charge >= 0.3 is 0 Å². The zero-order valence-corrected chi connectivity index (χ0v) is 11.8. The molecular formula is C15H19N3O2. The Morgan fingerprint density at radius 1 is 1.30 bits per heavy atom. The van der Waals surface area contributed by atoms with Crippen molar-refractivity contribution in [3.63, 3.8) is 0 Å². The van der Waals surface area contributed by atoms with Gasteiger partial charge in [-0.1, -0.05) is 12.1 Å². The van der Waals surface area contributed by atoms with Crippen LogP contribution in [0.5, 0.6) is 0 Å². The van der Waals surface area contributed by atoms with Crippen LogP contribution in [0.15, 0.2) is 30.7 Å². The number of methoxy groups -OCH3 is 2. The van der Waals surface area contributed by atoms with Crippen molar-refractivity contribution in [3.05, 3.63) is 47.5 Å². The van der Waals surface area contributed by atoms with Gasteiger partial charge in [0.05, 0.1) is 23.9 Å². The first kappa shape index (κ1) is 13.3. The van der Waals surface area contributed by atoms with Crippen LogP contribution in [-0.2, 0) is 22.4 Å². The zero-order valence-electron chi connectivity index (χ0n) is 11.8. The molecule has 1 aromatic heterocycles. The molecule has 0 atom stereocenters. The number of imidazole rings is 1. The molecule has 0 amide bonds. The van der Waals surface area contributed by atoms with Crippen molar-refractivity contribution in [2.75, 3.05) is 20.8 Å². The van der Waals surface area contributed by atoms with Crippen LogP contribution < -0.4 is 5.32 Å². The second-order valence-corrected chi connectivity index (χ2v) is 4.83. The van der Waals surface area contributed by atoms with E-state index in [-0.39, 0.29) is 0 Å². The summed E-state index contributed by atoms with van der Waals surface area (Å²) >= 11 is 0. The predicted octanol–water partition coefficient (Wildman–Crippen LogP) is 1.81. The molecule has 0 aliphatic carbocycles. The SMILES string of the molecule is COC(OC)c1cncn1-c1cccc2c1CNCC2.